The summed E-state index contributed by atoms with van der Waals surface area (Å²) in [6.45, 7) is 2.38. The molecule has 0 aliphatic carbocycles. The number of hydrogen-bond acceptors (Lipinski definition) is 4. The first-order chi connectivity index (χ1) is 15.9. The lowest BCUT2D eigenvalue weighted by Gasteiger charge is -2.13. The molecule has 6 nitrogen and oxygen atoms in total. The van der Waals surface area contributed by atoms with Gasteiger partial charge in [0, 0.05) is 17.8 Å². The Labute approximate surface area is 196 Å². The monoisotopic (exact) mass is 466 g/mol. The molecule has 0 spiro atoms. The zero-order valence-corrected chi connectivity index (χ0v) is 19.8. The van der Waals surface area contributed by atoms with Crippen molar-refractivity contribution < 1.29 is 17.9 Å². The van der Waals surface area contributed by atoms with Crippen molar-refractivity contribution in [2.24, 2.45) is 0 Å². The zero-order valence-electron chi connectivity index (χ0n) is 19.0. The van der Waals surface area contributed by atoms with Crippen LogP contribution in [0.5, 0.6) is 5.75 Å². The molecule has 0 bridgehead atoms. The molecule has 0 aliphatic heterocycles. The molecule has 0 aromatic heterocycles. The third kappa shape index (κ3) is 6.91. The number of aryl methyl sites for hydroxylation is 1. The molecule has 0 heterocycles. The van der Waals surface area contributed by atoms with E-state index >= 15 is 0 Å². The van der Waals surface area contributed by atoms with Crippen molar-refractivity contribution in [3.05, 3.63) is 89.5 Å². The van der Waals surface area contributed by atoms with Gasteiger partial charge in [-0.15, -0.1) is 0 Å². The molecule has 0 radical (unpaired) electrons. The predicted molar refractivity (Wildman–Crippen MR) is 131 cm³/mol. The lowest BCUT2D eigenvalue weighted by Crippen LogP contribution is -2.27. The van der Waals surface area contributed by atoms with Gasteiger partial charge in [0.25, 0.3) is 5.91 Å². The fraction of sp³-hybridized carbons (Fsp3) is 0.269. The van der Waals surface area contributed by atoms with E-state index in [0.29, 0.717) is 12.1 Å². The number of sulfonamides is 1. The number of anilines is 1. The van der Waals surface area contributed by atoms with Crippen LogP contribution in [-0.4, -0.2) is 28.0 Å². The SMILES string of the molecule is CCCCc1ccc(NC(=O)c2ccc(OC)c(S(=O)(=O)NCCc3ccccc3)c2)cc1. The number of methoxy groups -OCH3 is 1. The molecular formula is C26H30N2O4S. The fourth-order valence-electron chi connectivity index (χ4n) is 3.42. The summed E-state index contributed by atoms with van der Waals surface area (Å²) < 4.78 is 33.7. The highest BCUT2D eigenvalue weighted by Gasteiger charge is 2.21. The molecule has 0 saturated carbocycles. The Morgan fingerprint density at radius 1 is 0.909 bits per heavy atom. The Morgan fingerprint density at radius 3 is 2.27 bits per heavy atom. The summed E-state index contributed by atoms with van der Waals surface area (Å²) in [7, 11) is -2.47. The number of ether oxygens (including phenoxy) is 1. The van der Waals surface area contributed by atoms with E-state index in [1.54, 1.807) is 6.07 Å². The fourth-order valence-corrected chi connectivity index (χ4v) is 4.64. The summed E-state index contributed by atoms with van der Waals surface area (Å²) >= 11 is 0. The smallest absolute Gasteiger partial charge is 0.255 e. The zero-order chi connectivity index (χ0) is 23.7. The molecule has 7 heteroatoms. The second-order valence-corrected chi connectivity index (χ2v) is 9.49. The maximum absolute atomic E-state index is 12.9. The largest absolute Gasteiger partial charge is 0.495 e. The van der Waals surface area contributed by atoms with E-state index < -0.39 is 10.0 Å². The second-order valence-electron chi connectivity index (χ2n) is 7.75. The molecule has 1 amide bonds. The first-order valence-corrected chi connectivity index (χ1v) is 12.5. The molecule has 174 valence electrons. The molecule has 0 unspecified atom stereocenters. The van der Waals surface area contributed by atoms with Crippen molar-refractivity contribution in [2.75, 3.05) is 19.0 Å². The van der Waals surface area contributed by atoms with Gasteiger partial charge in [-0.05, 0) is 60.7 Å². The Balaban J connectivity index is 1.71. The maximum atomic E-state index is 12.9. The van der Waals surface area contributed by atoms with Gasteiger partial charge < -0.3 is 10.1 Å². The van der Waals surface area contributed by atoms with Crippen LogP contribution in [0.15, 0.2) is 77.7 Å². The lowest BCUT2D eigenvalue weighted by atomic mass is 10.1. The number of carbonyl (C=O) groups is 1. The predicted octanol–water partition coefficient (Wildman–Crippen LogP) is 4.81. The Hall–Kier alpha value is -3.16. The number of carbonyl (C=O) groups excluding carboxylic acids is 1. The molecule has 3 aromatic rings. The van der Waals surface area contributed by atoms with Crippen LogP contribution < -0.4 is 14.8 Å². The summed E-state index contributed by atoms with van der Waals surface area (Å²) in [5, 5.41) is 2.83. The molecule has 0 aliphatic rings. The van der Waals surface area contributed by atoms with Crippen LogP contribution in [0.3, 0.4) is 0 Å². The van der Waals surface area contributed by atoms with Gasteiger partial charge in [0.15, 0.2) is 0 Å². The van der Waals surface area contributed by atoms with Gasteiger partial charge in [0.1, 0.15) is 10.6 Å². The van der Waals surface area contributed by atoms with Crippen molar-refractivity contribution in [2.45, 2.75) is 37.5 Å². The minimum absolute atomic E-state index is 0.0689. The number of nitrogens with one attached hydrogen (secondary N) is 2. The van der Waals surface area contributed by atoms with Gasteiger partial charge >= 0.3 is 0 Å². The second kappa shape index (κ2) is 11.6. The van der Waals surface area contributed by atoms with Crippen molar-refractivity contribution in [3.63, 3.8) is 0 Å². The van der Waals surface area contributed by atoms with Crippen LogP contribution >= 0.6 is 0 Å². The van der Waals surface area contributed by atoms with E-state index in [2.05, 4.69) is 17.0 Å². The Morgan fingerprint density at radius 2 is 1.61 bits per heavy atom. The summed E-state index contributed by atoms with van der Waals surface area (Å²) in [6, 6.07) is 21.7. The van der Waals surface area contributed by atoms with Crippen molar-refractivity contribution in [3.8, 4) is 5.75 Å². The lowest BCUT2D eigenvalue weighted by molar-refractivity contribution is 0.102. The summed E-state index contributed by atoms with van der Waals surface area (Å²) in [4.78, 5) is 12.7. The Kier molecular flexibility index (Phi) is 8.63. The highest BCUT2D eigenvalue weighted by molar-refractivity contribution is 7.89. The first kappa shape index (κ1) is 24.5. The third-order valence-corrected chi connectivity index (χ3v) is 6.78. The van der Waals surface area contributed by atoms with Crippen LogP contribution in [0.1, 0.15) is 41.3 Å². The average molecular weight is 467 g/mol. The van der Waals surface area contributed by atoms with Crippen LogP contribution in [-0.2, 0) is 22.9 Å². The number of rotatable bonds is 11. The number of hydrogen-bond donors (Lipinski definition) is 2. The summed E-state index contributed by atoms with van der Waals surface area (Å²) in [6.07, 6.45) is 3.80. The van der Waals surface area contributed by atoms with E-state index in [4.69, 9.17) is 4.74 Å². The Bertz CT molecular complexity index is 1160. The minimum atomic E-state index is -3.87. The van der Waals surface area contributed by atoms with Crippen molar-refractivity contribution in [1.29, 1.82) is 0 Å². The average Bonchev–Trinajstić information content (AvgIpc) is 2.83. The third-order valence-electron chi connectivity index (χ3n) is 5.29. The maximum Gasteiger partial charge on any atom is 0.255 e. The summed E-state index contributed by atoms with van der Waals surface area (Å²) in [5.74, 6) is -0.210. The van der Waals surface area contributed by atoms with Crippen LogP contribution in [0.4, 0.5) is 5.69 Å². The molecule has 0 atom stereocenters. The molecule has 3 aromatic carbocycles. The van der Waals surface area contributed by atoms with Gasteiger partial charge in [-0.3, -0.25) is 4.79 Å². The van der Waals surface area contributed by atoms with E-state index in [1.807, 2.05) is 54.6 Å². The number of unbranched alkanes of at least 4 members (excludes halogenated alkanes) is 1. The standard InChI is InChI=1S/C26H30N2O4S/c1-3-4-8-21-11-14-23(15-12-21)28-26(29)22-13-16-24(32-2)25(19-22)33(30,31)27-18-17-20-9-6-5-7-10-20/h5-7,9-16,19,27H,3-4,8,17-18H2,1-2H3,(H,28,29). The van der Waals surface area contributed by atoms with Crippen LogP contribution in [0.2, 0.25) is 0 Å². The molecular weight excluding hydrogens is 436 g/mol. The first-order valence-electron chi connectivity index (χ1n) is 11.0. The van der Waals surface area contributed by atoms with E-state index in [0.717, 1.165) is 24.8 Å². The van der Waals surface area contributed by atoms with Gasteiger partial charge in [0.2, 0.25) is 10.0 Å². The molecule has 0 saturated heterocycles. The van der Waals surface area contributed by atoms with E-state index in [1.165, 1.54) is 24.8 Å². The normalized spacial score (nSPS) is 11.2. The molecule has 0 fully saturated rings. The summed E-state index contributed by atoms with van der Waals surface area (Å²) in [5.41, 5.74) is 3.13. The van der Waals surface area contributed by atoms with E-state index in [9.17, 15) is 13.2 Å². The number of benzene rings is 3. The van der Waals surface area contributed by atoms with Gasteiger partial charge in [0.05, 0.1) is 7.11 Å². The van der Waals surface area contributed by atoms with Crippen LogP contribution in [0.25, 0.3) is 0 Å². The highest BCUT2D eigenvalue weighted by atomic mass is 32.2. The van der Waals surface area contributed by atoms with Gasteiger partial charge in [-0.25, -0.2) is 13.1 Å². The van der Waals surface area contributed by atoms with Gasteiger partial charge in [-0.1, -0.05) is 55.8 Å². The van der Waals surface area contributed by atoms with E-state index in [-0.39, 0.29) is 28.7 Å². The van der Waals surface area contributed by atoms with Gasteiger partial charge in [-0.2, -0.15) is 0 Å². The van der Waals surface area contributed by atoms with Crippen molar-refractivity contribution in [1.82, 2.24) is 4.72 Å². The quantitative estimate of drug-likeness (QED) is 0.425. The molecule has 3 rings (SSSR count). The number of amides is 1. The highest BCUT2D eigenvalue weighted by Crippen LogP contribution is 2.25. The van der Waals surface area contributed by atoms with Crippen molar-refractivity contribution >= 4 is 21.6 Å². The van der Waals surface area contributed by atoms with Crippen LogP contribution in [0, 0.1) is 0 Å². The molecule has 33 heavy (non-hydrogen) atoms. The minimum Gasteiger partial charge on any atom is -0.495 e. The molecule has 2 N–H and O–H groups in total. The topological polar surface area (TPSA) is 84.5 Å².